The fourth-order valence-electron chi connectivity index (χ4n) is 2.94. The quantitative estimate of drug-likeness (QED) is 0.421. The number of carbonyl (C=O) groups is 2. The largest absolute Gasteiger partial charge is 0.475 e. The van der Waals surface area contributed by atoms with E-state index in [0.29, 0.717) is 27.8 Å². The second kappa shape index (κ2) is 9.57. The minimum Gasteiger partial charge on any atom is -0.475 e. The van der Waals surface area contributed by atoms with Gasteiger partial charge in [0.2, 0.25) is 5.82 Å². The number of nitrogens with zero attached hydrogens (tertiary/aromatic N) is 6. The maximum absolute atomic E-state index is 12.8. The SMILES string of the molecule is CC(C)n1cnnc1-c1cccc(NC(=O)c2cccc(Sc3cnc(C(=O)O)nc3)c2)n1. The monoisotopic (exact) mass is 461 g/mol. The molecule has 0 aliphatic carbocycles. The normalized spacial score (nSPS) is 10.9. The molecule has 0 spiro atoms. The van der Waals surface area contributed by atoms with Crippen molar-refractivity contribution in [3.63, 3.8) is 0 Å². The molecule has 4 aromatic rings. The van der Waals surface area contributed by atoms with Crippen LogP contribution in [0.5, 0.6) is 0 Å². The van der Waals surface area contributed by atoms with Crippen molar-refractivity contribution in [2.45, 2.75) is 29.7 Å². The second-order valence-electron chi connectivity index (χ2n) is 7.20. The van der Waals surface area contributed by atoms with Crippen LogP contribution in [0, 0.1) is 0 Å². The van der Waals surface area contributed by atoms with Crippen molar-refractivity contribution < 1.29 is 14.7 Å². The van der Waals surface area contributed by atoms with Crippen LogP contribution in [-0.2, 0) is 0 Å². The fraction of sp³-hybridized carbons (Fsp3) is 0.136. The summed E-state index contributed by atoms with van der Waals surface area (Å²) in [5.74, 6) is -0.756. The number of carbonyl (C=O) groups excluding carboxylic acids is 1. The number of anilines is 1. The highest BCUT2D eigenvalue weighted by atomic mass is 32.2. The molecule has 10 nitrogen and oxygen atoms in total. The Morgan fingerprint density at radius 2 is 1.82 bits per heavy atom. The minimum atomic E-state index is -1.19. The summed E-state index contributed by atoms with van der Waals surface area (Å²) in [5, 5.41) is 19.8. The number of carboxylic acids is 1. The number of pyridine rings is 1. The number of amides is 1. The number of nitrogens with one attached hydrogen (secondary N) is 1. The molecule has 0 radical (unpaired) electrons. The maximum Gasteiger partial charge on any atom is 0.373 e. The van der Waals surface area contributed by atoms with Crippen molar-refractivity contribution in [1.82, 2.24) is 29.7 Å². The molecule has 11 heteroatoms. The van der Waals surface area contributed by atoms with Gasteiger partial charge in [-0.15, -0.1) is 10.2 Å². The van der Waals surface area contributed by atoms with Gasteiger partial charge in [-0.1, -0.05) is 23.9 Å². The lowest BCUT2D eigenvalue weighted by Gasteiger charge is -2.11. The fourth-order valence-corrected chi connectivity index (χ4v) is 3.75. The Balaban J connectivity index is 1.49. The number of aromatic carboxylic acids is 1. The number of aromatic nitrogens is 6. The van der Waals surface area contributed by atoms with Crippen molar-refractivity contribution in [3.05, 3.63) is 72.6 Å². The Labute approximate surface area is 193 Å². The molecule has 3 aromatic heterocycles. The second-order valence-corrected chi connectivity index (χ2v) is 8.34. The number of rotatable bonds is 7. The van der Waals surface area contributed by atoms with E-state index >= 15 is 0 Å². The summed E-state index contributed by atoms with van der Waals surface area (Å²) in [7, 11) is 0. The van der Waals surface area contributed by atoms with Crippen LogP contribution in [-0.4, -0.2) is 46.7 Å². The Hall–Kier alpha value is -4.12. The number of hydrogen-bond acceptors (Lipinski definition) is 8. The Kier molecular flexibility index (Phi) is 6.41. The van der Waals surface area contributed by atoms with Crippen LogP contribution in [0.1, 0.15) is 40.9 Å². The average Bonchev–Trinajstić information content (AvgIpc) is 3.30. The molecular formula is C22H19N7O3S. The van der Waals surface area contributed by atoms with Crippen LogP contribution in [0.2, 0.25) is 0 Å². The summed E-state index contributed by atoms with van der Waals surface area (Å²) >= 11 is 1.32. The third kappa shape index (κ3) is 5.21. The number of carboxylic acid groups (broad SMARTS) is 1. The van der Waals surface area contributed by atoms with Crippen molar-refractivity contribution in [3.8, 4) is 11.5 Å². The van der Waals surface area contributed by atoms with Crippen LogP contribution >= 0.6 is 11.8 Å². The van der Waals surface area contributed by atoms with E-state index in [9.17, 15) is 9.59 Å². The van der Waals surface area contributed by atoms with Crippen molar-refractivity contribution in [1.29, 1.82) is 0 Å². The van der Waals surface area contributed by atoms with Crippen molar-refractivity contribution >= 4 is 29.5 Å². The number of benzene rings is 1. The minimum absolute atomic E-state index is 0.168. The third-order valence-electron chi connectivity index (χ3n) is 4.50. The summed E-state index contributed by atoms with van der Waals surface area (Å²) in [4.78, 5) is 37.3. The van der Waals surface area contributed by atoms with Crippen LogP contribution in [0.4, 0.5) is 5.82 Å². The van der Waals surface area contributed by atoms with Crippen LogP contribution in [0.3, 0.4) is 0 Å². The Bertz CT molecular complexity index is 1310. The molecule has 166 valence electrons. The standard InChI is InChI=1S/C22H19N7O3S/c1-13(2)29-12-25-28-20(29)17-7-4-8-18(26-17)27-21(30)14-5-3-6-15(9-14)33-16-10-23-19(22(31)32)24-11-16/h3-13H,1-2H3,(H,31,32)(H,26,27,30). The predicted octanol–water partition coefficient (Wildman–Crippen LogP) is 3.81. The molecule has 1 aromatic carbocycles. The van der Waals surface area contributed by atoms with Crippen LogP contribution in [0.25, 0.3) is 11.5 Å². The first-order valence-corrected chi connectivity index (χ1v) is 10.7. The van der Waals surface area contributed by atoms with E-state index in [-0.39, 0.29) is 17.8 Å². The summed E-state index contributed by atoms with van der Waals surface area (Å²) in [6.45, 7) is 4.05. The molecule has 0 bridgehead atoms. The summed E-state index contributed by atoms with van der Waals surface area (Å²) in [5.41, 5.74) is 1.05. The smallest absolute Gasteiger partial charge is 0.373 e. The van der Waals surface area contributed by atoms with E-state index in [4.69, 9.17) is 5.11 Å². The third-order valence-corrected chi connectivity index (χ3v) is 5.44. The molecule has 3 heterocycles. The van der Waals surface area contributed by atoms with Gasteiger partial charge >= 0.3 is 5.97 Å². The van der Waals surface area contributed by atoms with Crippen molar-refractivity contribution in [2.75, 3.05) is 5.32 Å². The summed E-state index contributed by atoms with van der Waals surface area (Å²) in [6, 6.07) is 12.5. The molecule has 0 unspecified atom stereocenters. The molecule has 0 fully saturated rings. The van der Waals surface area contributed by atoms with Crippen LogP contribution < -0.4 is 5.32 Å². The topological polar surface area (TPSA) is 136 Å². The van der Waals surface area contributed by atoms with E-state index in [0.717, 1.165) is 4.90 Å². The summed E-state index contributed by atoms with van der Waals surface area (Å²) in [6.07, 6.45) is 4.51. The zero-order valence-corrected chi connectivity index (χ0v) is 18.5. The van der Waals surface area contributed by atoms with Gasteiger partial charge in [0.1, 0.15) is 17.8 Å². The molecule has 1 amide bonds. The van der Waals surface area contributed by atoms with Gasteiger partial charge in [0.05, 0.1) is 0 Å². The van der Waals surface area contributed by atoms with E-state index in [1.807, 2.05) is 30.5 Å². The molecule has 0 saturated carbocycles. The lowest BCUT2D eigenvalue weighted by Crippen LogP contribution is -2.13. The highest BCUT2D eigenvalue weighted by molar-refractivity contribution is 7.99. The average molecular weight is 462 g/mol. The maximum atomic E-state index is 12.8. The highest BCUT2D eigenvalue weighted by Gasteiger charge is 2.14. The van der Waals surface area contributed by atoms with E-state index in [1.54, 1.807) is 36.7 Å². The van der Waals surface area contributed by atoms with E-state index < -0.39 is 5.97 Å². The zero-order valence-electron chi connectivity index (χ0n) is 17.7. The molecule has 4 rings (SSSR count). The van der Waals surface area contributed by atoms with E-state index in [1.165, 1.54) is 24.2 Å². The van der Waals surface area contributed by atoms with Gasteiger partial charge in [0, 0.05) is 33.8 Å². The van der Waals surface area contributed by atoms with Gasteiger partial charge in [-0.3, -0.25) is 4.79 Å². The van der Waals surface area contributed by atoms with Crippen molar-refractivity contribution in [2.24, 2.45) is 0 Å². The molecule has 0 aliphatic rings. The highest BCUT2D eigenvalue weighted by Crippen LogP contribution is 2.27. The first-order chi connectivity index (χ1) is 15.9. The lowest BCUT2D eigenvalue weighted by atomic mass is 10.2. The van der Waals surface area contributed by atoms with Gasteiger partial charge in [-0.25, -0.2) is 19.7 Å². The Morgan fingerprint density at radius 1 is 1.06 bits per heavy atom. The van der Waals surface area contributed by atoms with Gasteiger partial charge < -0.3 is 15.0 Å². The van der Waals surface area contributed by atoms with Gasteiger partial charge in [-0.2, -0.15) is 0 Å². The molecular weight excluding hydrogens is 442 g/mol. The predicted molar refractivity (Wildman–Crippen MR) is 121 cm³/mol. The summed E-state index contributed by atoms with van der Waals surface area (Å²) < 4.78 is 1.90. The number of hydrogen-bond donors (Lipinski definition) is 2. The molecule has 0 aliphatic heterocycles. The first kappa shape index (κ1) is 22.1. The van der Waals surface area contributed by atoms with Crippen LogP contribution in [0.15, 0.2) is 71.0 Å². The Morgan fingerprint density at radius 3 is 2.55 bits per heavy atom. The van der Waals surface area contributed by atoms with Gasteiger partial charge in [0.15, 0.2) is 5.82 Å². The molecule has 0 saturated heterocycles. The van der Waals surface area contributed by atoms with E-state index in [2.05, 4.69) is 30.5 Å². The zero-order chi connectivity index (χ0) is 23.4. The molecule has 33 heavy (non-hydrogen) atoms. The molecule has 2 N–H and O–H groups in total. The lowest BCUT2D eigenvalue weighted by molar-refractivity contribution is 0.0683. The first-order valence-electron chi connectivity index (χ1n) is 9.92. The molecule has 0 atom stereocenters. The van der Waals surface area contributed by atoms with Gasteiger partial charge in [0.25, 0.3) is 5.91 Å². The van der Waals surface area contributed by atoms with Gasteiger partial charge in [-0.05, 0) is 44.2 Å².